The van der Waals surface area contributed by atoms with Crippen LogP contribution >= 0.6 is 12.6 Å². The zero-order chi connectivity index (χ0) is 17.2. The van der Waals surface area contributed by atoms with Crippen molar-refractivity contribution >= 4 is 30.5 Å². The summed E-state index contributed by atoms with van der Waals surface area (Å²) in [5.41, 5.74) is -0.186. The van der Waals surface area contributed by atoms with Crippen LogP contribution in [0.2, 0.25) is 0 Å². The number of amides is 3. The largest absolute Gasteiger partial charge is 0.480 e. The predicted molar refractivity (Wildman–Crippen MR) is 88.4 cm³/mol. The fourth-order valence-electron chi connectivity index (χ4n) is 2.71. The van der Waals surface area contributed by atoms with Crippen molar-refractivity contribution in [1.82, 2.24) is 9.80 Å². The van der Waals surface area contributed by atoms with Crippen molar-refractivity contribution in [2.24, 2.45) is 0 Å². The van der Waals surface area contributed by atoms with E-state index in [-0.39, 0.29) is 0 Å². The Balaban J connectivity index is 2.27. The molecule has 0 spiro atoms. The van der Waals surface area contributed by atoms with Gasteiger partial charge in [-0.05, 0) is 25.8 Å². The first-order chi connectivity index (χ1) is 10.8. The smallest absolute Gasteiger partial charge is 0.328 e. The van der Waals surface area contributed by atoms with Gasteiger partial charge in [0.15, 0.2) is 0 Å². The van der Waals surface area contributed by atoms with E-state index >= 15 is 0 Å². The third-order valence-corrected chi connectivity index (χ3v) is 4.46. The van der Waals surface area contributed by atoms with E-state index in [1.807, 2.05) is 30.3 Å². The summed E-state index contributed by atoms with van der Waals surface area (Å²) >= 11 is 4.28. The molecule has 0 aromatic heterocycles. The highest BCUT2D eigenvalue weighted by Gasteiger charge is 2.53. The fraction of sp³-hybridized carbons (Fsp3) is 0.438. The number of hydrogen-bond donors (Lipinski definition) is 2. The summed E-state index contributed by atoms with van der Waals surface area (Å²) in [6.45, 7) is 2.63. The van der Waals surface area contributed by atoms with Crippen LogP contribution in [0.5, 0.6) is 0 Å². The summed E-state index contributed by atoms with van der Waals surface area (Å²) in [5.74, 6) is -1.23. The highest BCUT2D eigenvalue weighted by Crippen LogP contribution is 2.30. The molecule has 1 unspecified atom stereocenters. The molecule has 3 amide bonds. The zero-order valence-corrected chi connectivity index (χ0v) is 14.0. The van der Waals surface area contributed by atoms with E-state index in [4.69, 9.17) is 5.11 Å². The number of carbonyl (C=O) groups is 3. The van der Waals surface area contributed by atoms with Gasteiger partial charge in [0, 0.05) is 5.75 Å². The van der Waals surface area contributed by atoms with Crippen LogP contribution in [0, 0.1) is 0 Å². The number of benzene rings is 1. The van der Waals surface area contributed by atoms with Crippen molar-refractivity contribution in [1.29, 1.82) is 0 Å². The molecule has 7 heteroatoms. The molecule has 0 bridgehead atoms. The summed E-state index contributed by atoms with van der Waals surface area (Å²) in [6.07, 6.45) is 0.485. The maximum Gasteiger partial charge on any atom is 0.328 e. The molecule has 1 aromatic carbocycles. The van der Waals surface area contributed by atoms with Crippen molar-refractivity contribution in [2.75, 3.05) is 12.3 Å². The molecule has 1 heterocycles. The Labute approximate surface area is 140 Å². The van der Waals surface area contributed by atoms with E-state index in [1.54, 1.807) is 13.8 Å². The standard InChI is InChI=1S/C16H20N2O4S/c1-16(2)14(21)18(15(22)17(16)9-13(19)20)12(10-23)8-11-6-4-3-5-7-11/h3-7,12,23H,8-10H2,1-2H3,(H,19,20). The summed E-state index contributed by atoms with van der Waals surface area (Å²) in [4.78, 5) is 38.5. The number of urea groups is 1. The average molecular weight is 336 g/mol. The molecular formula is C16H20N2O4S. The van der Waals surface area contributed by atoms with E-state index in [0.717, 1.165) is 15.4 Å². The minimum absolute atomic E-state index is 0.309. The second-order valence-electron chi connectivity index (χ2n) is 6.02. The van der Waals surface area contributed by atoms with Gasteiger partial charge in [-0.3, -0.25) is 19.4 Å². The van der Waals surface area contributed by atoms with E-state index in [2.05, 4.69) is 12.6 Å². The Morgan fingerprint density at radius 2 is 1.87 bits per heavy atom. The molecule has 1 aliphatic heterocycles. The van der Waals surface area contributed by atoms with Crippen LogP contribution in [-0.2, 0) is 16.0 Å². The second kappa shape index (κ2) is 6.62. The lowest BCUT2D eigenvalue weighted by atomic mass is 10.0. The maximum absolute atomic E-state index is 12.7. The van der Waals surface area contributed by atoms with E-state index in [0.29, 0.717) is 12.2 Å². The third-order valence-electron chi connectivity index (χ3n) is 4.04. The molecule has 0 saturated carbocycles. The van der Waals surface area contributed by atoms with Gasteiger partial charge in [-0.25, -0.2) is 4.79 Å². The normalized spacial score (nSPS) is 18.4. The van der Waals surface area contributed by atoms with Crippen LogP contribution in [0.15, 0.2) is 30.3 Å². The fourth-order valence-corrected chi connectivity index (χ4v) is 3.00. The number of rotatable bonds is 6. The predicted octanol–water partition coefficient (Wildman–Crippen LogP) is 1.65. The molecule has 1 saturated heterocycles. The third kappa shape index (κ3) is 3.34. The van der Waals surface area contributed by atoms with Gasteiger partial charge >= 0.3 is 12.0 Å². The van der Waals surface area contributed by atoms with E-state index in [9.17, 15) is 14.4 Å². The van der Waals surface area contributed by atoms with Crippen molar-refractivity contribution in [3.63, 3.8) is 0 Å². The van der Waals surface area contributed by atoms with Crippen molar-refractivity contribution in [2.45, 2.75) is 31.8 Å². The highest BCUT2D eigenvalue weighted by atomic mass is 32.1. The minimum Gasteiger partial charge on any atom is -0.480 e. The Kier molecular flexibility index (Phi) is 4.99. The molecule has 2 rings (SSSR count). The Morgan fingerprint density at radius 1 is 1.26 bits per heavy atom. The Hall–Kier alpha value is -2.02. The van der Waals surface area contributed by atoms with Crippen molar-refractivity contribution in [3.8, 4) is 0 Å². The number of aliphatic carboxylic acids is 1. The minimum atomic E-state index is -1.17. The van der Waals surface area contributed by atoms with Gasteiger partial charge in [0.1, 0.15) is 12.1 Å². The number of nitrogens with zero attached hydrogens (tertiary/aromatic N) is 2. The molecule has 23 heavy (non-hydrogen) atoms. The lowest BCUT2D eigenvalue weighted by Gasteiger charge is -2.25. The number of carbonyl (C=O) groups excluding carboxylic acids is 2. The summed E-state index contributed by atoms with van der Waals surface area (Å²) < 4.78 is 0. The van der Waals surface area contributed by atoms with Gasteiger partial charge in [-0.15, -0.1) is 0 Å². The highest BCUT2D eigenvalue weighted by molar-refractivity contribution is 7.80. The molecule has 0 radical (unpaired) electrons. The summed E-state index contributed by atoms with van der Waals surface area (Å²) in [5, 5.41) is 8.99. The SMILES string of the molecule is CC1(C)C(=O)N(C(CS)Cc2ccccc2)C(=O)N1CC(=O)O. The summed E-state index contributed by atoms with van der Waals surface area (Å²) in [6, 6.07) is 8.52. The Bertz CT molecular complexity index is 618. The molecule has 0 aliphatic carbocycles. The van der Waals surface area contributed by atoms with E-state index in [1.165, 1.54) is 0 Å². The molecule has 1 aliphatic rings. The first-order valence-corrected chi connectivity index (χ1v) is 7.94. The lowest BCUT2D eigenvalue weighted by Crippen LogP contribution is -2.46. The van der Waals surface area contributed by atoms with E-state index < -0.39 is 36.0 Å². The van der Waals surface area contributed by atoms with Crippen molar-refractivity contribution < 1.29 is 19.5 Å². The summed E-state index contributed by atoms with van der Waals surface area (Å²) in [7, 11) is 0. The number of hydrogen-bond acceptors (Lipinski definition) is 4. The van der Waals surface area contributed by atoms with Crippen LogP contribution in [0.1, 0.15) is 19.4 Å². The number of carboxylic acid groups (broad SMARTS) is 1. The Morgan fingerprint density at radius 3 is 2.39 bits per heavy atom. The van der Waals surface area contributed by atoms with Crippen LogP contribution < -0.4 is 0 Å². The number of carboxylic acids is 1. The maximum atomic E-state index is 12.7. The lowest BCUT2D eigenvalue weighted by molar-refractivity contribution is -0.139. The van der Waals surface area contributed by atoms with Gasteiger partial charge < -0.3 is 5.11 Å². The molecule has 1 atom stereocenters. The van der Waals surface area contributed by atoms with Gasteiger partial charge in [-0.1, -0.05) is 30.3 Å². The molecule has 1 aromatic rings. The van der Waals surface area contributed by atoms with Crippen molar-refractivity contribution in [3.05, 3.63) is 35.9 Å². The van der Waals surface area contributed by atoms with Gasteiger partial charge in [0.05, 0.1) is 6.04 Å². The topological polar surface area (TPSA) is 77.9 Å². The molecule has 6 nitrogen and oxygen atoms in total. The number of thiol groups is 1. The second-order valence-corrected chi connectivity index (χ2v) is 6.39. The van der Waals surface area contributed by atoms with Crippen LogP contribution in [0.25, 0.3) is 0 Å². The zero-order valence-electron chi connectivity index (χ0n) is 13.1. The quantitative estimate of drug-likeness (QED) is 0.612. The van der Waals surface area contributed by atoms with Gasteiger partial charge in [0.2, 0.25) is 0 Å². The van der Waals surface area contributed by atoms with Crippen LogP contribution in [0.4, 0.5) is 4.79 Å². The van der Waals surface area contributed by atoms with Gasteiger partial charge in [0.25, 0.3) is 5.91 Å². The van der Waals surface area contributed by atoms with Crippen LogP contribution in [0.3, 0.4) is 0 Å². The first-order valence-electron chi connectivity index (χ1n) is 7.31. The number of imide groups is 1. The van der Waals surface area contributed by atoms with Gasteiger partial charge in [-0.2, -0.15) is 12.6 Å². The first kappa shape index (κ1) is 17.3. The molecule has 1 N–H and O–H groups in total. The molecular weight excluding hydrogens is 316 g/mol. The monoisotopic (exact) mass is 336 g/mol. The average Bonchev–Trinajstić information content (AvgIpc) is 2.66. The molecule has 1 fully saturated rings. The van der Waals surface area contributed by atoms with Crippen LogP contribution in [-0.4, -0.2) is 56.7 Å². The molecule has 124 valence electrons.